The largest absolute Gasteiger partial charge is 0.381 e. The number of anilines is 1. The Morgan fingerprint density at radius 3 is 2.26 bits per heavy atom. The summed E-state index contributed by atoms with van der Waals surface area (Å²) >= 11 is 0. The highest BCUT2D eigenvalue weighted by Crippen LogP contribution is 2.32. The molecule has 8 heteroatoms. The van der Waals surface area contributed by atoms with E-state index in [1.165, 1.54) is 5.56 Å². The summed E-state index contributed by atoms with van der Waals surface area (Å²) in [7, 11) is 0. The van der Waals surface area contributed by atoms with Crippen molar-refractivity contribution in [3.05, 3.63) is 77.7 Å². The Balaban J connectivity index is 1.26. The molecular formula is C31H36N6O2. The van der Waals surface area contributed by atoms with Crippen LogP contribution in [-0.2, 0) is 10.2 Å². The van der Waals surface area contributed by atoms with Crippen LogP contribution < -0.4 is 4.90 Å². The summed E-state index contributed by atoms with van der Waals surface area (Å²) in [5.41, 5.74) is 3.83. The maximum absolute atomic E-state index is 13.3. The molecule has 0 unspecified atom stereocenters. The molecule has 6 rings (SSSR count). The number of amides is 1. The van der Waals surface area contributed by atoms with E-state index in [-0.39, 0.29) is 17.2 Å². The van der Waals surface area contributed by atoms with Gasteiger partial charge in [0.15, 0.2) is 5.65 Å². The number of ether oxygens (including phenoxy) is 1. The van der Waals surface area contributed by atoms with E-state index in [2.05, 4.69) is 37.8 Å². The van der Waals surface area contributed by atoms with Gasteiger partial charge in [-0.1, -0.05) is 51.1 Å². The lowest BCUT2D eigenvalue weighted by Gasteiger charge is -2.36. The number of carbonyl (C=O) groups is 1. The van der Waals surface area contributed by atoms with Gasteiger partial charge in [0, 0.05) is 50.9 Å². The van der Waals surface area contributed by atoms with E-state index in [1.807, 2.05) is 58.2 Å². The van der Waals surface area contributed by atoms with Crippen LogP contribution in [0.3, 0.4) is 0 Å². The Labute approximate surface area is 229 Å². The minimum Gasteiger partial charge on any atom is -0.381 e. The fourth-order valence-electron chi connectivity index (χ4n) is 5.46. The lowest BCUT2D eigenvalue weighted by molar-refractivity contribution is 0.0746. The Bertz CT molecular complexity index is 1440. The average Bonchev–Trinajstić information content (AvgIpc) is 3.41. The Morgan fingerprint density at radius 2 is 1.59 bits per heavy atom. The van der Waals surface area contributed by atoms with E-state index in [4.69, 9.17) is 19.8 Å². The molecule has 4 heterocycles. The Kier molecular flexibility index (Phi) is 6.81. The van der Waals surface area contributed by atoms with E-state index in [0.29, 0.717) is 26.2 Å². The summed E-state index contributed by atoms with van der Waals surface area (Å²) in [5, 5.41) is 5.65. The molecule has 1 amide bonds. The first-order chi connectivity index (χ1) is 18.9. The third-order valence-electron chi connectivity index (χ3n) is 7.88. The van der Waals surface area contributed by atoms with Crippen LogP contribution in [0.15, 0.2) is 60.8 Å². The number of hydrogen-bond acceptors (Lipinski definition) is 6. The fourth-order valence-corrected chi connectivity index (χ4v) is 5.46. The maximum Gasteiger partial charge on any atom is 0.253 e. The highest BCUT2D eigenvalue weighted by atomic mass is 16.5. The van der Waals surface area contributed by atoms with Crippen LogP contribution in [0.5, 0.6) is 0 Å². The van der Waals surface area contributed by atoms with E-state index >= 15 is 0 Å². The SMILES string of the molecule is CC(C)(C)c1ccc(C(=O)N2CCN(c3nc(C4CCOCC4)nc4c3cnn4-c3ccccc3)CC2)cc1. The van der Waals surface area contributed by atoms with E-state index in [1.54, 1.807) is 0 Å². The second-order valence-electron chi connectivity index (χ2n) is 11.5. The first kappa shape index (κ1) is 25.5. The zero-order valence-electron chi connectivity index (χ0n) is 23.0. The third-order valence-corrected chi connectivity index (χ3v) is 7.88. The van der Waals surface area contributed by atoms with Gasteiger partial charge in [0.05, 0.1) is 17.3 Å². The molecule has 2 saturated heterocycles. The molecule has 0 aliphatic carbocycles. The number of hydrogen-bond donors (Lipinski definition) is 0. The van der Waals surface area contributed by atoms with Gasteiger partial charge in [-0.05, 0) is 48.1 Å². The maximum atomic E-state index is 13.3. The van der Waals surface area contributed by atoms with Gasteiger partial charge in [-0.25, -0.2) is 14.6 Å². The molecule has 0 spiro atoms. The molecule has 39 heavy (non-hydrogen) atoms. The summed E-state index contributed by atoms with van der Waals surface area (Å²) in [5.74, 6) is 2.11. The van der Waals surface area contributed by atoms with Gasteiger partial charge in [-0.3, -0.25) is 4.79 Å². The Morgan fingerprint density at radius 1 is 0.897 bits per heavy atom. The number of nitrogens with zero attached hydrogens (tertiary/aromatic N) is 6. The van der Waals surface area contributed by atoms with Gasteiger partial charge >= 0.3 is 0 Å². The lowest BCUT2D eigenvalue weighted by Crippen LogP contribution is -2.49. The van der Waals surface area contributed by atoms with Crippen molar-refractivity contribution in [3.8, 4) is 5.69 Å². The molecule has 4 aromatic rings. The molecule has 8 nitrogen and oxygen atoms in total. The van der Waals surface area contributed by atoms with Crippen molar-refractivity contribution in [3.63, 3.8) is 0 Å². The number of aromatic nitrogens is 4. The minimum atomic E-state index is 0.0634. The predicted octanol–water partition coefficient (Wildman–Crippen LogP) is 4.97. The van der Waals surface area contributed by atoms with Crippen molar-refractivity contribution < 1.29 is 9.53 Å². The van der Waals surface area contributed by atoms with Gasteiger partial charge < -0.3 is 14.5 Å². The van der Waals surface area contributed by atoms with Crippen molar-refractivity contribution in [1.29, 1.82) is 0 Å². The van der Waals surface area contributed by atoms with Crippen LogP contribution in [0.4, 0.5) is 5.82 Å². The molecule has 2 aromatic heterocycles. The van der Waals surface area contributed by atoms with Crippen LogP contribution in [0.25, 0.3) is 16.7 Å². The second-order valence-corrected chi connectivity index (χ2v) is 11.5. The average molecular weight is 525 g/mol. The number of piperazine rings is 1. The molecule has 2 aliphatic heterocycles. The molecule has 2 fully saturated rings. The summed E-state index contributed by atoms with van der Waals surface area (Å²) in [4.78, 5) is 27.7. The van der Waals surface area contributed by atoms with Crippen molar-refractivity contribution in [2.45, 2.75) is 44.9 Å². The first-order valence-corrected chi connectivity index (χ1v) is 13.9. The van der Waals surface area contributed by atoms with Crippen LogP contribution in [0.1, 0.15) is 61.3 Å². The highest BCUT2D eigenvalue weighted by molar-refractivity contribution is 5.94. The standard InChI is InChI=1S/C31H36N6O2/c1-31(2,3)24-11-9-23(10-12-24)30(38)36-17-15-35(16-18-36)28-26-21-32-37(25-7-5-4-6-8-25)29(26)34-27(33-28)22-13-19-39-20-14-22/h4-12,21-22H,13-20H2,1-3H3. The van der Waals surface area contributed by atoms with Gasteiger partial charge in [0.2, 0.25) is 0 Å². The topological polar surface area (TPSA) is 76.4 Å². The van der Waals surface area contributed by atoms with Crippen molar-refractivity contribution in [2.75, 3.05) is 44.3 Å². The zero-order valence-corrected chi connectivity index (χ0v) is 23.0. The van der Waals surface area contributed by atoms with Crippen molar-refractivity contribution >= 4 is 22.8 Å². The van der Waals surface area contributed by atoms with Gasteiger partial charge in [-0.2, -0.15) is 5.10 Å². The fraction of sp³-hybridized carbons (Fsp3) is 0.419. The quantitative estimate of drug-likeness (QED) is 0.375. The minimum absolute atomic E-state index is 0.0634. The lowest BCUT2D eigenvalue weighted by atomic mass is 9.86. The van der Waals surface area contributed by atoms with Crippen LogP contribution >= 0.6 is 0 Å². The normalized spacial score (nSPS) is 17.1. The molecule has 2 aromatic carbocycles. The molecule has 0 radical (unpaired) electrons. The van der Waals surface area contributed by atoms with E-state index in [9.17, 15) is 4.79 Å². The monoisotopic (exact) mass is 524 g/mol. The highest BCUT2D eigenvalue weighted by Gasteiger charge is 2.28. The Hall–Kier alpha value is -3.78. The van der Waals surface area contributed by atoms with Gasteiger partial charge in [0.25, 0.3) is 5.91 Å². The second kappa shape index (κ2) is 10.4. The molecule has 0 atom stereocenters. The summed E-state index contributed by atoms with van der Waals surface area (Å²) in [6.07, 6.45) is 3.71. The zero-order chi connectivity index (χ0) is 27.0. The summed E-state index contributed by atoms with van der Waals surface area (Å²) in [6.45, 7) is 10.7. The smallest absolute Gasteiger partial charge is 0.253 e. The number of benzene rings is 2. The van der Waals surface area contributed by atoms with Crippen LogP contribution in [0.2, 0.25) is 0 Å². The van der Waals surface area contributed by atoms with Gasteiger partial charge in [-0.15, -0.1) is 0 Å². The molecular weight excluding hydrogens is 488 g/mol. The number of para-hydroxylation sites is 1. The van der Waals surface area contributed by atoms with Crippen LogP contribution in [0, 0.1) is 0 Å². The molecule has 202 valence electrons. The molecule has 0 N–H and O–H groups in total. The van der Waals surface area contributed by atoms with Crippen LogP contribution in [-0.4, -0.2) is 69.9 Å². The number of fused-ring (bicyclic) bond motifs is 1. The number of carbonyl (C=O) groups excluding carboxylic acids is 1. The summed E-state index contributed by atoms with van der Waals surface area (Å²) < 4.78 is 7.51. The summed E-state index contributed by atoms with van der Waals surface area (Å²) in [6, 6.07) is 18.2. The number of rotatable bonds is 4. The first-order valence-electron chi connectivity index (χ1n) is 13.9. The molecule has 0 bridgehead atoms. The van der Waals surface area contributed by atoms with Gasteiger partial charge in [0.1, 0.15) is 11.6 Å². The molecule has 0 saturated carbocycles. The van der Waals surface area contributed by atoms with E-state index in [0.717, 1.165) is 60.0 Å². The molecule has 2 aliphatic rings. The predicted molar refractivity (Wildman–Crippen MR) is 153 cm³/mol. The van der Waals surface area contributed by atoms with E-state index < -0.39 is 0 Å². The van der Waals surface area contributed by atoms with Crippen molar-refractivity contribution in [1.82, 2.24) is 24.6 Å². The van der Waals surface area contributed by atoms with Crippen molar-refractivity contribution in [2.24, 2.45) is 0 Å². The third kappa shape index (κ3) is 5.13.